The molecule has 0 bridgehead atoms. The molecule has 4 heteroatoms. The molecule has 1 N–H and O–H groups in total. The summed E-state index contributed by atoms with van der Waals surface area (Å²) >= 11 is 0. The van der Waals surface area contributed by atoms with Crippen LogP contribution in [0.5, 0.6) is 0 Å². The summed E-state index contributed by atoms with van der Waals surface area (Å²) in [5.41, 5.74) is 1.02. The Bertz CT molecular complexity index is 320. The van der Waals surface area contributed by atoms with Crippen molar-refractivity contribution in [3.05, 3.63) is 17.5 Å². The molecule has 1 aromatic rings. The third kappa shape index (κ3) is 3.61. The Morgan fingerprint density at radius 3 is 3.06 bits per heavy atom. The van der Waals surface area contributed by atoms with Crippen LogP contribution in [0.15, 0.2) is 10.6 Å². The predicted octanol–water partition coefficient (Wildman–Crippen LogP) is 1.77. The summed E-state index contributed by atoms with van der Waals surface area (Å²) < 4.78 is 5.30. The van der Waals surface area contributed by atoms with E-state index in [2.05, 4.69) is 35.4 Å². The largest absolute Gasteiger partial charge is 0.360 e. The molecular weight excluding hydrogens is 202 g/mol. The van der Waals surface area contributed by atoms with Crippen LogP contribution < -0.4 is 5.32 Å². The summed E-state index contributed by atoms with van der Waals surface area (Å²) in [5.74, 6) is 0.962. The van der Waals surface area contributed by atoms with E-state index in [1.54, 1.807) is 0 Å². The number of aromatic nitrogens is 1. The summed E-state index contributed by atoms with van der Waals surface area (Å²) in [6, 6.07) is 2.78. The van der Waals surface area contributed by atoms with Crippen LogP contribution >= 0.6 is 0 Å². The van der Waals surface area contributed by atoms with Gasteiger partial charge in [-0.1, -0.05) is 12.1 Å². The fourth-order valence-electron chi connectivity index (χ4n) is 1.78. The van der Waals surface area contributed by atoms with Crippen molar-refractivity contribution in [2.75, 3.05) is 13.6 Å². The summed E-state index contributed by atoms with van der Waals surface area (Å²) in [5, 5.41) is 7.49. The van der Waals surface area contributed by atoms with Gasteiger partial charge in [-0.05, 0) is 32.9 Å². The zero-order chi connectivity index (χ0) is 11.4. The first-order valence-corrected chi connectivity index (χ1v) is 6.14. The fourth-order valence-corrected chi connectivity index (χ4v) is 1.78. The number of nitrogens with one attached hydrogen (secondary N) is 1. The second kappa shape index (κ2) is 5.46. The second-order valence-corrected chi connectivity index (χ2v) is 4.68. The minimum Gasteiger partial charge on any atom is -0.360 e. The van der Waals surface area contributed by atoms with E-state index in [-0.39, 0.29) is 0 Å². The zero-order valence-electron chi connectivity index (χ0n) is 10.2. The highest BCUT2D eigenvalue weighted by Crippen LogP contribution is 2.19. The lowest BCUT2D eigenvalue weighted by molar-refractivity contribution is 0.272. The molecule has 1 fully saturated rings. The Kier molecular flexibility index (Phi) is 3.96. The van der Waals surface area contributed by atoms with E-state index in [4.69, 9.17) is 4.52 Å². The molecule has 1 aliphatic carbocycles. The molecule has 0 unspecified atom stereocenters. The quantitative estimate of drug-likeness (QED) is 0.765. The van der Waals surface area contributed by atoms with Crippen LogP contribution in [0.3, 0.4) is 0 Å². The Morgan fingerprint density at radius 1 is 1.56 bits per heavy atom. The first-order chi connectivity index (χ1) is 7.78. The molecule has 1 saturated carbocycles. The monoisotopic (exact) mass is 223 g/mol. The maximum absolute atomic E-state index is 5.30. The lowest BCUT2D eigenvalue weighted by Crippen LogP contribution is -2.18. The van der Waals surface area contributed by atoms with Crippen LogP contribution in [0.2, 0.25) is 0 Å². The van der Waals surface area contributed by atoms with Gasteiger partial charge in [0.1, 0.15) is 0 Å². The van der Waals surface area contributed by atoms with E-state index in [0.29, 0.717) is 0 Å². The van der Waals surface area contributed by atoms with Crippen LogP contribution in [-0.4, -0.2) is 29.7 Å². The molecule has 0 aromatic carbocycles. The molecule has 0 radical (unpaired) electrons. The van der Waals surface area contributed by atoms with Crippen LogP contribution in [0, 0.1) is 0 Å². The summed E-state index contributed by atoms with van der Waals surface area (Å²) in [6.45, 7) is 4.97. The van der Waals surface area contributed by atoms with Gasteiger partial charge in [-0.25, -0.2) is 0 Å². The van der Waals surface area contributed by atoms with Crippen LogP contribution in [-0.2, 0) is 13.1 Å². The molecule has 1 aliphatic rings. The molecule has 0 spiro atoms. The van der Waals surface area contributed by atoms with Gasteiger partial charge in [0.2, 0.25) is 0 Å². The molecule has 0 amide bonds. The Labute approximate surface area is 97.0 Å². The van der Waals surface area contributed by atoms with Crippen LogP contribution in [0.4, 0.5) is 0 Å². The van der Waals surface area contributed by atoms with Gasteiger partial charge in [-0.15, -0.1) is 0 Å². The van der Waals surface area contributed by atoms with Gasteiger partial charge >= 0.3 is 0 Å². The molecule has 0 saturated heterocycles. The number of nitrogens with zero attached hydrogens (tertiary/aromatic N) is 2. The molecule has 4 nitrogen and oxygen atoms in total. The van der Waals surface area contributed by atoms with Gasteiger partial charge in [-0.2, -0.15) is 0 Å². The minimum absolute atomic E-state index is 0.725. The standard InChI is InChI=1S/C12H21N3O/c1-3-6-15(2)9-12-7-11(14-16-12)8-13-10-4-5-10/h7,10,13H,3-6,8-9H2,1-2H3. The average molecular weight is 223 g/mol. The summed E-state index contributed by atoms with van der Waals surface area (Å²) in [7, 11) is 2.11. The Balaban J connectivity index is 1.76. The van der Waals surface area contributed by atoms with Crippen molar-refractivity contribution in [2.24, 2.45) is 0 Å². The van der Waals surface area contributed by atoms with Crippen molar-refractivity contribution in [3.63, 3.8) is 0 Å². The van der Waals surface area contributed by atoms with E-state index >= 15 is 0 Å². The number of hydrogen-bond donors (Lipinski definition) is 1. The maximum Gasteiger partial charge on any atom is 0.151 e. The second-order valence-electron chi connectivity index (χ2n) is 4.68. The topological polar surface area (TPSA) is 41.3 Å². The Morgan fingerprint density at radius 2 is 2.38 bits per heavy atom. The first-order valence-electron chi connectivity index (χ1n) is 6.14. The molecule has 2 rings (SSSR count). The lowest BCUT2D eigenvalue weighted by Gasteiger charge is -2.12. The minimum atomic E-state index is 0.725. The predicted molar refractivity (Wildman–Crippen MR) is 63.0 cm³/mol. The van der Waals surface area contributed by atoms with Gasteiger partial charge in [0.25, 0.3) is 0 Å². The van der Waals surface area contributed by atoms with Gasteiger partial charge in [0.05, 0.1) is 12.2 Å². The van der Waals surface area contributed by atoms with E-state index in [1.165, 1.54) is 19.3 Å². The number of rotatable bonds is 7. The lowest BCUT2D eigenvalue weighted by atomic mass is 10.3. The van der Waals surface area contributed by atoms with E-state index in [1.807, 2.05) is 0 Å². The highest BCUT2D eigenvalue weighted by molar-refractivity contribution is 5.05. The third-order valence-electron chi connectivity index (χ3n) is 2.79. The van der Waals surface area contributed by atoms with Gasteiger partial charge in [0.15, 0.2) is 5.76 Å². The van der Waals surface area contributed by atoms with Crippen molar-refractivity contribution in [1.29, 1.82) is 0 Å². The van der Waals surface area contributed by atoms with Crippen molar-refractivity contribution in [3.8, 4) is 0 Å². The van der Waals surface area contributed by atoms with E-state index in [0.717, 1.165) is 37.1 Å². The van der Waals surface area contributed by atoms with Crippen LogP contribution in [0.1, 0.15) is 37.6 Å². The van der Waals surface area contributed by atoms with Gasteiger partial charge in [-0.3, -0.25) is 4.90 Å². The molecule has 90 valence electrons. The zero-order valence-corrected chi connectivity index (χ0v) is 10.2. The molecule has 0 atom stereocenters. The van der Waals surface area contributed by atoms with Crippen molar-refractivity contribution in [1.82, 2.24) is 15.4 Å². The SMILES string of the molecule is CCCN(C)Cc1cc(CNC2CC2)no1. The van der Waals surface area contributed by atoms with Crippen molar-refractivity contribution in [2.45, 2.75) is 45.3 Å². The van der Waals surface area contributed by atoms with Crippen molar-refractivity contribution >= 4 is 0 Å². The molecule has 0 aliphatic heterocycles. The average Bonchev–Trinajstić information content (AvgIpc) is 2.98. The van der Waals surface area contributed by atoms with E-state index in [9.17, 15) is 0 Å². The van der Waals surface area contributed by atoms with Crippen molar-refractivity contribution < 1.29 is 4.52 Å². The highest BCUT2D eigenvalue weighted by Gasteiger charge is 2.20. The summed E-state index contributed by atoms with van der Waals surface area (Å²) in [4.78, 5) is 2.25. The molecule has 1 aromatic heterocycles. The van der Waals surface area contributed by atoms with E-state index < -0.39 is 0 Å². The first kappa shape index (κ1) is 11.6. The Hall–Kier alpha value is -0.870. The van der Waals surface area contributed by atoms with Gasteiger partial charge < -0.3 is 9.84 Å². The summed E-state index contributed by atoms with van der Waals surface area (Å²) in [6.07, 6.45) is 3.79. The fraction of sp³-hybridized carbons (Fsp3) is 0.750. The molecule has 1 heterocycles. The smallest absolute Gasteiger partial charge is 0.151 e. The maximum atomic E-state index is 5.30. The number of hydrogen-bond acceptors (Lipinski definition) is 4. The van der Waals surface area contributed by atoms with Crippen LogP contribution in [0.25, 0.3) is 0 Å². The normalized spacial score (nSPS) is 15.9. The molecular formula is C12H21N3O. The highest BCUT2D eigenvalue weighted by atomic mass is 16.5. The molecule has 16 heavy (non-hydrogen) atoms. The third-order valence-corrected chi connectivity index (χ3v) is 2.79. The van der Waals surface area contributed by atoms with Gasteiger partial charge in [0, 0.05) is 18.7 Å².